The summed E-state index contributed by atoms with van der Waals surface area (Å²) in [5.41, 5.74) is 0.971. The Hall–Kier alpha value is -1.35. The first kappa shape index (κ1) is 21.9. The van der Waals surface area contributed by atoms with Crippen molar-refractivity contribution in [3.8, 4) is 0 Å². The molecule has 3 heteroatoms. The lowest BCUT2D eigenvalue weighted by atomic mass is 9.75. The lowest BCUT2D eigenvalue weighted by Crippen LogP contribution is -2.50. The Morgan fingerprint density at radius 1 is 1.11 bits per heavy atom. The summed E-state index contributed by atoms with van der Waals surface area (Å²) in [5.74, 6) is 1.54. The molecule has 0 saturated heterocycles. The van der Waals surface area contributed by atoms with Gasteiger partial charge in [-0.15, -0.1) is 0 Å². The molecule has 1 aromatic carbocycles. The third-order valence-electron chi connectivity index (χ3n) is 6.05. The van der Waals surface area contributed by atoms with Gasteiger partial charge in [0.2, 0.25) is 0 Å². The SMILES string of the molecule is CC(C)[C@@H]1CC[C@@H](C)C[C@H]1OC(=O)[C@H](N[C@H](C)c1ccccc1)C(C)(C)C. The third kappa shape index (κ3) is 6.07. The quantitative estimate of drug-likeness (QED) is 0.645. The number of hydrogen-bond acceptors (Lipinski definition) is 3. The Morgan fingerprint density at radius 2 is 1.74 bits per heavy atom. The van der Waals surface area contributed by atoms with E-state index in [0.29, 0.717) is 17.8 Å². The van der Waals surface area contributed by atoms with E-state index in [1.807, 2.05) is 18.2 Å². The zero-order valence-electron chi connectivity index (χ0n) is 18.3. The number of rotatable bonds is 6. The van der Waals surface area contributed by atoms with Crippen LogP contribution in [0.1, 0.15) is 79.3 Å². The fraction of sp³-hybridized carbons (Fsp3) is 0.708. The molecule has 3 nitrogen and oxygen atoms in total. The van der Waals surface area contributed by atoms with Crippen molar-refractivity contribution in [1.82, 2.24) is 5.32 Å². The molecule has 1 aromatic rings. The van der Waals surface area contributed by atoms with E-state index >= 15 is 0 Å². The number of carbonyl (C=O) groups is 1. The Balaban J connectivity index is 2.12. The van der Waals surface area contributed by atoms with Crippen LogP contribution in [0.2, 0.25) is 0 Å². The first-order chi connectivity index (χ1) is 12.6. The number of nitrogens with one attached hydrogen (secondary N) is 1. The van der Waals surface area contributed by atoms with Gasteiger partial charge in [-0.2, -0.15) is 0 Å². The van der Waals surface area contributed by atoms with Gasteiger partial charge in [-0.05, 0) is 48.5 Å². The van der Waals surface area contributed by atoms with Gasteiger partial charge in [-0.1, -0.05) is 78.3 Å². The summed E-state index contributed by atoms with van der Waals surface area (Å²) in [5, 5.41) is 3.54. The fourth-order valence-electron chi connectivity index (χ4n) is 4.23. The molecule has 2 rings (SSSR count). The molecule has 1 fully saturated rings. The third-order valence-corrected chi connectivity index (χ3v) is 6.05. The van der Waals surface area contributed by atoms with Gasteiger partial charge >= 0.3 is 5.97 Å². The minimum absolute atomic E-state index is 0.0416. The van der Waals surface area contributed by atoms with Gasteiger partial charge in [0.15, 0.2) is 0 Å². The second-order valence-electron chi connectivity index (χ2n) is 9.90. The molecule has 0 unspecified atom stereocenters. The highest BCUT2D eigenvalue weighted by atomic mass is 16.5. The minimum atomic E-state index is -0.335. The average Bonchev–Trinajstić information content (AvgIpc) is 2.58. The van der Waals surface area contributed by atoms with Crippen molar-refractivity contribution in [2.75, 3.05) is 0 Å². The zero-order valence-corrected chi connectivity index (χ0v) is 18.3. The Labute approximate surface area is 166 Å². The van der Waals surface area contributed by atoms with Crippen LogP contribution in [0.25, 0.3) is 0 Å². The summed E-state index contributed by atoms with van der Waals surface area (Å²) in [7, 11) is 0. The summed E-state index contributed by atoms with van der Waals surface area (Å²) < 4.78 is 6.16. The van der Waals surface area contributed by atoms with Crippen LogP contribution >= 0.6 is 0 Å². The molecule has 0 spiro atoms. The van der Waals surface area contributed by atoms with Crippen LogP contribution < -0.4 is 5.32 Å². The van der Waals surface area contributed by atoms with E-state index < -0.39 is 0 Å². The van der Waals surface area contributed by atoms with Crippen LogP contribution in [0.15, 0.2) is 30.3 Å². The minimum Gasteiger partial charge on any atom is -0.461 e. The van der Waals surface area contributed by atoms with E-state index in [1.54, 1.807) is 0 Å². The number of esters is 1. The monoisotopic (exact) mass is 373 g/mol. The van der Waals surface area contributed by atoms with Crippen molar-refractivity contribution < 1.29 is 9.53 Å². The van der Waals surface area contributed by atoms with Gasteiger partial charge in [-0.25, -0.2) is 0 Å². The van der Waals surface area contributed by atoms with Crippen LogP contribution in [0.3, 0.4) is 0 Å². The number of ether oxygens (including phenoxy) is 1. The number of benzene rings is 1. The molecule has 1 aliphatic carbocycles. The molecule has 152 valence electrons. The van der Waals surface area contributed by atoms with Gasteiger partial charge in [0.25, 0.3) is 0 Å². The largest absolute Gasteiger partial charge is 0.461 e. The van der Waals surface area contributed by atoms with Crippen LogP contribution in [-0.4, -0.2) is 18.1 Å². The summed E-state index contributed by atoms with van der Waals surface area (Å²) in [4.78, 5) is 13.2. The molecule has 0 bridgehead atoms. The maximum Gasteiger partial charge on any atom is 0.323 e. The lowest BCUT2D eigenvalue weighted by molar-refractivity contribution is -0.161. The molecule has 0 amide bonds. The Morgan fingerprint density at radius 3 is 2.30 bits per heavy atom. The summed E-state index contributed by atoms with van der Waals surface area (Å²) in [6.45, 7) is 15.2. The molecule has 1 N–H and O–H groups in total. The van der Waals surface area contributed by atoms with Crippen molar-refractivity contribution in [3.05, 3.63) is 35.9 Å². The van der Waals surface area contributed by atoms with Gasteiger partial charge in [-0.3, -0.25) is 10.1 Å². The van der Waals surface area contributed by atoms with E-state index in [9.17, 15) is 4.79 Å². The highest BCUT2D eigenvalue weighted by molar-refractivity contribution is 5.77. The van der Waals surface area contributed by atoms with Crippen LogP contribution in [0.5, 0.6) is 0 Å². The normalized spacial score (nSPS) is 25.9. The maximum atomic E-state index is 13.2. The van der Waals surface area contributed by atoms with E-state index in [0.717, 1.165) is 12.8 Å². The fourth-order valence-corrected chi connectivity index (χ4v) is 4.23. The average molecular weight is 374 g/mol. The predicted octanol–water partition coefficient (Wildman–Crippen LogP) is 5.76. The second kappa shape index (κ2) is 9.23. The highest BCUT2D eigenvalue weighted by Crippen LogP contribution is 2.36. The topological polar surface area (TPSA) is 38.3 Å². The van der Waals surface area contributed by atoms with Crippen LogP contribution in [-0.2, 0) is 9.53 Å². The Bertz CT molecular complexity index is 590. The molecular formula is C24H39NO2. The molecule has 1 saturated carbocycles. The molecule has 0 aromatic heterocycles. The van der Waals surface area contributed by atoms with Crippen molar-refractivity contribution in [2.24, 2.45) is 23.2 Å². The smallest absolute Gasteiger partial charge is 0.323 e. The molecule has 5 atom stereocenters. The van der Waals surface area contributed by atoms with Crippen molar-refractivity contribution >= 4 is 5.97 Å². The molecular weight excluding hydrogens is 334 g/mol. The second-order valence-corrected chi connectivity index (χ2v) is 9.90. The summed E-state index contributed by atoms with van der Waals surface area (Å²) in [6, 6.07) is 10.0. The summed E-state index contributed by atoms with van der Waals surface area (Å²) in [6.07, 6.45) is 3.42. The predicted molar refractivity (Wildman–Crippen MR) is 112 cm³/mol. The van der Waals surface area contributed by atoms with Crippen molar-refractivity contribution in [3.63, 3.8) is 0 Å². The maximum absolute atomic E-state index is 13.2. The first-order valence-corrected chi connectivity index (χ1v) is 10.6. The van der Waals surface area contributed by atoms with Crippen molar-refractivity contribution in [2.45, 2.75) is 85.9 Å². The van der Waals surface area contributed by atoms with Crippen LogP contribution in [0.4, 0.5) is 0 Å². The van der Waals surface area contributed by atoms with Crippen molar-refractivity contribution in [1.29, 1.82) is 0 Å². The summed E-state index contributed by atoms with van der Waals surface area (Å²) >= 11 is 0. The number of carbonyl (C=O) groups excluding carboxylic acids is 1. The van der Waals surface area contributed by atoms with Gasteiger partial charge < -0.3 is 4.74 Å². The zero-order chi connectivity index (χ0) is 20.2. The molecule has 27 heavy (non-hydrogen) atoms. The van der Waals surface area contributed by atoms with E-state index in [-0.39, 0.29) is 29.6 Å². The lowest BCUT2D eigenvalue weighted by Gasteiger charge is -2.39. The van der Waals surface area contributed by atoms with E-state index in [2.05, 4.69) is 65.9 Å². The highest BCUT2D eigenvalue weighted by Gasteiger charge is 2.38. The van der Waals surface area contributed by atoms with Gasteiger partial charge in [0.1, 0.15) is 12.1 Å². The van der Waals surface area contributed by atoms with Crippen LogP contribution in [0, 0.1) is 23.2 Å². The molecule has 1 aliphatic rings. The number of hydrogen-bond donors (Lipinski definition) is 1. The van der Waals surface area contributed by atoms with Gasteiger partial charge in [0.05, 0.1) is 0 Å². The van der Waals surface area contributed by atoms with E-state index in [4.69, 9.17) is 4.74 Å². The van der Waals surface area contributed by atoms with Gasteiger partial charge in [0, 0.05) is 6.04 Å². The first-order valence-electron chi connectivity index (χ1n) is 10.6. The molecule has 0 heterocycles. The molecule has 0 aliphatic heterocycles. The Kier molecular flexibility index (Phi) is 7.50. The molecule has 0 radical (unpaired) electrons. The van der Waals surface area contributed by atoms with E-state index in [1.165, 1.54) is 12.0 Å². The standard InChI is InChI=1S/C24H39NO2/c1-16(2)20-14-13-17(3)15-21(20)27-23(26)22(24(5,6)7)25-18(4)19-11-9-8-10-12-19/h8-12,16-18,20-22,25H,13-15H2,1-7H3/t17-,18-,20+,21-,22+/m1/s1.